The summed E-state index contributed by atoms with van der Waals surface area (Å²) in [4.78, 5) is 14.8. The lowest BCUT2D eigenvalue weighted by Gasteiger charge is -2.35. The fraction of sp³-hybridized carbons (Fsp3) is 0.316. The Labute approximate surface area is 155 Å². The largest absolute Gasteiger partial charge is 0.379 e. The van der Waals surface area contributed by atoms with Crippen molar-refractivity contribution in [2.24, 2.45) is 0 Å². The van der Waals surface area contributed by atoms with Gasteiger partial charge in [-0.3, -0.25) is 9.69 Å². The van der Waals surface area contributed by atoms with Crippen LogP contribution in [0, 0.1) is 5.82 Å². The minimum atomic E-state index is -0.284. The normalized spacial score (nSPS) is 16.3. The number of nitrogens with zero attached hydrogens (tertiary/aromatic N) is 3. The molecule has 27 heavy (non-hydrogen) atoms. The van der Waals surface area contributed by atoms with E-state index in [0.29, 0.717) is 36.4 Å². The molecule has 8 heteroatoms. The molecule has 0 unspecified atom stereocenters. The molecule has 7 nitrogen and oxygen atoms in total. The van der Waals surface area contributed by atoms with E-state index in [1.807, 2.05) is 6.07 Å². The lowest BCUT2D eigenvalue weighted by Crippen LogP contribution is -2.43. The number of hydrogen-bond acceptors (Lipinski definition) is 5. The molecule has 1 aliphatic rings. The molecule has 1 aromatic heterocycles. The second-order valence-corrected chi connectivity index (χ2v) is 6.46. The van der Waals surface area contributed by atoms with Crippen LogP contribution in [-0.4, -0.2) is 59.1 Å². The van der Waals surface area contributed by atoms with Gasteiger partial charge >= 0.3 is 0 Å². The van der Waals surface area contributed by atoms with Crippen LogP contribution in [0.5, 0.6) is 0 Å². The van der Waals surface area contributed by atoms with Crippen LogP contribution in [0.1, 0.15) is 22.0 Å². The van der Waals surface area contributed by atoms with E-state index in [1.165, 1.54) is 12.1 Å². The molecule has 2 heterocycles. The number of morpholine rings is 1. The van der Waals surface area contributed by atoms with Crippen molar-refractivity contribution in [1.82, 2.24) is 25.6 Å². The third-order valence-electron chi connectivity index (χ3n) is 4.75. The number of fused-ring (bicyclic) bond motifs is 1. The average molecular weight is 369 g/mol. The maximum Gasteiger partial charge on any atom is 0.251 e. The van der Waals surface area contributed by atoms with Gasteiger partial charge in [0.25, 0.3) is 5.91 Å². The molecular formula is C19H20FN5O2. The first-order valence-electron chi connectivity index (χ1n) is 8.87. The summed E-state index contributed by atoms with van der Waals surface area (Å²) in [6, 6.07) is 11.6. The third kappa shape index (κ3) is 3.96. The van der Waals surface area contributed by atoms with Crippen molar-refractivity contribution in [3.63, 3.8) is 0 Å². The molecule has 0 saturated carbocycles. The summed E-state index contributed by atoms with van der Waals surface area (Å²) >= 11 is 0. The van der Waals surface area contributed by atoms with Gasteiger partial charge in [-0.1, -0.05) is 12.1 Å². The number of carbonyl (C=O) groups is 1. The number of H-pyrrole nitrogens is 1. The maximum absolute atomic E-state index is 13.7. The minimum absolute atomic E-state index is 0.121. The van der Waals surface area contributed by atoms with Gasteiger partial charge in [-0.05, 0) is 35.9 Å². The van der Waals surface area contributed by atoms with Gasteiger partial charge < -0.3 is 10.1 Å². The quantitative estimate of drug-likeness (QED) is 0.718. The number of benzene rings is 2. The number of rotatable bonds is 5. The molecule has 140 valence electrons. The molecule has 2 aromatic carbocycles. The van der Waals surface area contributed by atoms with E-state index in [-0.39, 0.29) is 17.8 Å². The second-order valence-electron chi connectivity index (χ2n) is 6.46. The van der Waals surface area contributed by atoms with E-state index < -0.39 is 0 Å². The summed E-state index contributed by atoms with van der Waals surface area (Å²) in [7, 11) is 0. The Balaban J connectivity index is 1.51. The Hall–Kier alpha value is -2.84. The first kappa shape index (κ1) is 17.6. The Bertz CT molecular complexity index is 939. The number of carbonyl (C=O) groups excluding carboxylic acids is 1. The maximum atomic E-state index is 13.7. The summed E-state index contributed by atoms with van der Waals surface area (Å²) in [6.45, 7) is 3.11. The van der Waals surface area contributed by atoms with Crippen LogP contribution in [0.15, 0.2) is 42.5 Å². The first-order valence-corrected chi connectivity index (χ1v) is 8.87. The molecule has 1 amide bonds. The molecule has 1 atom stereocenters. The van der Waals surface area contributed by atoms with Gasteiger partial charge in [-0.15, -0.1) is 0 Å². The summed E-state index contributed by atoms with van der Waals surface area (Å²) in [5, 5.41) is 13.5. The molecule has 0 spiro atoms. The Morgan fingerprint density at radius 2 is 2.00 bits per heavy atom. The molecule has 0 aliphatic carbocycles. The number of hydrogen-bond donors (Lipinski definition) is 2. The summed E-state index contributed by atoms with van der Waals surface area (Å²) in [5.41, 5.74) is 2.69. The number of halogens is 1. The van der Waals surface area contributed by atoms with Crippen LogP contribution < -0.4 is 5.32 Å². The molecular weight excluding hydrogens is 349 g/mol. The number of aromatic nitrogens is 3. The molecule has 2 N–H and O–H groups in total. The molecule has 1 fully saturated rings. The number of ether oxygens (including phenoxy) is 1. The Morgan fingerprint density at radius 3 is 2.81 bits per heavy atom. The van der Waals surface area contributed by atoms with E-state index in [2.05, 4.69) is 25.6 Å². The second kappa shape index (κ2) is 7.81. The van der Waals surface area contributed by atoms with Gasteiger partial charge in [0.05, 0.1) is 19.3 Å². The third-order valence-corrected chi connectivity index (χ3v) is 4.75. The van der Waals surface area contributed by atoms with Gasteiger partial charge in [0.2, 0.25) is 0 Å². The Morgan fingerprint density at radius 1 is 1.19 bits per heavy atom. The van der Waals surface area contributed by atoms with Gasteiger partial charge in [0.15, 0.2) is 0 Å². The van der Waals surface area contributed by atoms with Gasteiger partial charge in [0.1, 0.15) is 16.9 Å². The van der Waals surface area contributed by atoms with Crippen molar-refractivity contribution in [3.8, 4) is 0 Å². The average Bonchev–Trinajstić information content (AvgIpc) is 3.17. The van der Waals surface area contributed by atoms with Gasteiger partial charge in [-0.2, -0.15) is 15.4 Å². The van der Waals surface area contributed by atoms with E-state index >= 15 is 0 Å². The van der Waals surface area contributed by atoms with Gasteiger partial charge in [0, 0.05) is 25.2 Å². The fourth-order valence-corrected chi connectivity index (χ4v) is 3.33. The molecule has 0 bridgehead atoms. The van der Waals surface area contributed by atoms with Crippen molar-refractivity contribution < 1.29 is 13.9 Å². The van der Waals surface area contributed by atoms with Crippen LogP contribution in [0.3, 0.4) is 0 Å². The zero-order valence-electron chi connectivity index (χ0n) is 14.7. The summed E-state index contributed by atoms with van der Waals surface area (Å²) < 4.78 is 19.1. The van der Waals surface area contributed by atoms with E-state index in [1.54, 1.807) is 24.3 Å². The lowest BCUT2D eigenvalue weighted by molar-refractivity contribution is 0.0162. The highest BCUT2D eigenvalue weighted by Gasteiger charge is 2.24. The monoisotopic (exact) mass is 369 g/mol. The molecule has 3 aromatic rings. The molecule has 1 aliphatic heterocycles. The van der Waals surface area contributed by atoms with E-state index in [4.69, 9.17) is 4.74 Å². The number of amides is 1. The van der Waals surface area contributed by atoms with Crippen LogP contribution in [0.2, 0.25) is 0 Å². The number of aromatic amines is 1. The van der Waals surface area contributed by atoms with E-state index in [0.717, 1.165) is 18.7 Å². The topological polar surface area (TPSA) is 83.1 Å². The predicted octanol–water partition coefficient (Wildman–Crippen LogP) is 1.90. The first-order chi connectivity index (χ1) is 13.2. The van der Waals surface area contributed by atoms with Crippen LogP contribution in [0.4, 0.5) is 4.39 Å². The minimum Gasteiger partial charge on any atom is -0.379 e. The molecule has 4 rings (SSSR count). The van der Waals surface area contributed by atoms with Crippen molar-refractivity contribution in [2.45, 2.75) is 6.04 Å². The highest BCUT2D eigenvalue weighted by atomic mass is 19.1. The smallest absolute Gasteiger partial charge is 0.251 e. The number of nitrogens with one attached hydrogen (secondary N) is 2. The highest BCUT2D eigenvalue weighted by molar-refractivity contribution is 5.97. The molecule has 1 saturated heterocycles. The van der Waals surface area contributed by atoms with Gasteiger partial charge in [-0.25, -0.2) is 4.39 Å². The lowest BCUT2D eigenvalue weighted by atomic mass is 10.0. The summed E-state index contributed by atoms with van der Waals surface area (Å²) in [5.74, 6) is -0.483. The standard InChI is InChI=1S/C19H20FN5O2/c20-15-3-1-2-13(10-15)18(25-6-8-27-9-7-25)12-21-19(26)14-4-5-16-17(11-14)23-24-22-16/h1-5,10-11,18H,6-9,12H2,(H,21,26)(H,22,23,24)/t18-/m1/s1. The predicted molar refractivity (Wildman–Crippen MR) is 97.8 cm³/mol. The summed E-state index contributed by atoms with van der Waals surface area (Å²) in [6.07, 6.45) is 0. The fourth-order valence-electron chi connectivity index (χ4n) is 3.33. The highest BCUT2D eigenvalue weighted by Crippen LogP contribution is 2.22. The zero-order valence-corrected chi connectivity index (χ0v) is 14.7. The van der Waals surface area contributed by atoms with Crippen LogP contribution in [0.25, 0.3) is 11.0 Å². The van der Waals surface area contributed by atoms with Crippen molar-refractivity contribution >= 4 is 16.9 Å². The zero-order chi connectivity index (χ0) is 18.6. The van der Waals surface area contributed by atoms with Crippen molar-refractivity contribution in [2.75, 3.05) is 32.8 Å². The van der Waals surface area contributed by atoms with Crippen LogP contribution in [-0.2, 0) is 4.74 Å². The van der Waals surface area contributed by atoms with Crippen molar-refractivity contribution in [3.05, 3.63) is 59.4 Å². The van der Waals surface area contributed by atoms with Crippen LogP contribution >= 0.6 is 0 Å². The van der Waals surface area contributed by atoms with Crippen molar-refractivity contribution in [1.29, 1.82) is 0 Å². The Kier molecular flexibility index (Phi) is 5.08. The molecule has 0 radical (unpaired) electrons. The SMILES string of the molecule is O=C(NC[C@H](c1cccc(F)c1)N1CCOCC1)c1ccc2n[nH]nc2c1. The van der Waals surface area contributed by atoms with E-state index in [9.17, 15) is 9.18 Å².